The summed E-state index contributed by atoms with van der Waals surface area (Å²) in [6.07, 6.45) is 1.60. The predicted molar refractivity (Wildman–Crippen MR) is 101 cm³/mol. The number of carbonyl (C=O) groups is 1. The van der Waals surface area contributed by atoms with Crippen LogP contribution in [0.25, 0.3) is 16.3 Å². The number of thiophene rings is 1. The molecule has 4 aromatic rings. The molecule has 0 saturated carbocycles. The second-order valence-corrected chi connectivity index (χ2v) is 6.80. The van der Waals surface area contributed by atoms with Gasteiger partial charge in [0.25, 0.3) is 5.91 Å². The average molecular weight is 363 g/mol. The third-order valence-corrected chi connectivity index (χ3v) is 4.93. The van der Waals surface area contributed by atoms with Gasteiger partial charge in [-0.15, -0.1) is 11.3 Å². The van der Waals surface area contributed by atoms with Crippen LogP contribution >= 0.6 is 11.3 Å². The van der Waals surface area contributed by atoms with Crippen molar-refractivity contribution in [1.29, 1.82) is 0 Å². The predicted octanol–water partition coefficient (Wildman–Crippen LogP) is 4.68. The van der Waals surface area contributed by atoms with Crippen molar-refractivity contribution in [2.75, 3.05) is 0 Å². The molecule has 1 unspecified atom stereocenters. The van der Waals surface area contributed by atoms with Crippen LogP contribution in [0.3, 0.4) is 0 Å². The molecule has 1 amide bonds. The SMILES string of the molecule is CC(NC(=O)c1cc(-c2cccs2)nn1-c1ccccc1)c1ccco1. The van der Waals surface area contributed by atoms with Gasteiger partial charge >= 0.3 is 0 Å². The molecule has 0 aliphatic rings. The normalized spacial score (nSPS) is 12.0. The van der Waals surface area contributed by atoms with E-state index in [4.69, 9.17) is 4.42 Å². The molecule has 3 aromatic heterocycles. The number of para-hydroxylation sites is 1. The van der Waals surface area contributed by atoms with E-state index in [2.05, 4.69) is 10.4 Å². The number of rotatable bonds is 5. The Morgan fingerprint density at radius 2 is 2.00 bits per heavy atom. The molecule has 0 aliphatic heterocycles. The van der Waals surface area contributed by atoms with E-state index in [1.165, 1.54) is 0 Å². The molecule has 5 nitrogen and oxygen atoms in total. The maximum absolute atomic E-state index is 12.9. The minimum absolute atomic E-state index is 0.201. The lowest BCUT2D eigenvalue weighted by Crippen LogP contribution is -2.28. The van der Waals surface area contributed by atoms with Crippen molar-refractivity contribution >= 4 is 17.2 Å². The first kappa shape index (κ1) is 16.4. The number of nitrogens with zero attached hydrogens (tertiary/aromatic N) is 2. The molecule has 0 saturated heterocycles. The molecule has 1 N–H and O–H groups in total. The van der Waals surface area contributed by atoms with Crippen LogP contribution in [0.4, 0.5) is 0 Å². The molecule has 1 aromatic carbocycles. The van der Waals surface area contributed by atoms with Crippen molar-refractivity contribution in [2.24, 2.45) is 0 Å². The van der Waals surface area contributed by atoms with Gasteiger partial charge in [0.2, 0.25) is 0 Å². The maximum Gasteiger partial charge on any atom is 0.270 e. The maximum atomic E-state index is 12.9. The average Bonchev–Trinajstić information content (AvgIpc) is 3.43. The topological polar surface area (TPSA) is 60.1 Å². The van der Waals surface area contributed by atoms with Crippen LogP contribution in [0, 0.1) is 0 Å². The second kappa shape index (κ2) is 7.01. The van der Waals surface area contributed by atoms with Crippen LogP contribution in [-0.4, -0.2) is 15.7 Å². The summed E-state index contributed by atoms with van der Waals surface area (Å²) in [5.74, 6) is 0.510. The molecule has 6 heteroatoms. The highest BCUT2D eigenvalue weighted by atomic mass is 32.1. The number of hydrogen-bond acceptors (Lipinski definition) is 4. The van der Waals surface area contributed by atoms with E-state index < -0.39 is 0 Å². The van der Waals surface area contributed by atoms with Crippen LogP contribution in [-0.2, 0) is 0 Å². The molecular formula is C20H17N3O2S. The molecule has 130 valence electrons. The molecular weight excluding hydrogens is 346 g/mol. The van der Waals surface area contributed by atoms with Crippen LogP contribution < -0.4 is 5.32 Å². The number of aromatic nitrogens is 2. The van der Waals surface area contributed by atoms with Gasteiger partial charge in [-0.25, -0.2) is 4.68 Å². The molecule has 4 rings (SSSR count). The lowest BCUT2D eigenvalue weighted by atomic mass is 10.2. The minimum Gasteiger partial charge on any atom is -0.467 e. The molecule has 3 heterocycles. The third-order valence-electron chi connectivity index (χ3n) is 4.03. The standard InChI is InChI=1S/C20H17N3O2S/c1-14(18-9-5-11-25-18)21-20(24)17-13-16(19-10-6-12-26-19)22-23(17)15-7-3-2-4-8-15/h2-14H,1H3,(H,21,24). The lowest BCUT2D eigenvalue weighted by molar-refractivity contribution is 0.0927. The highest BCUT2D eigenvalue weighted by Gasteiger charge is 2.20. The van der Waals surface area contributed by atoms with Crippen molar-refractivity contribution < 1.29 is 9.21 Å². The van der Waals surface area contributed by atoms with Gasteiger partial charge in [-0.3, -0.25) is 4.79 Å². The van der Waals surface area contributed by atoms with Crippen molar-refractivity contribution in [1.82, 2.24) is 15.1 Å². The Bertz CT molecular complexity index is 989. The first-order valence-electron chi connectivity index (χ1n) is 8.26. The van der Waals surface area contributed by atoms with Crippen molar-refractivity contribution in [3.63, 3.8) is 0 Å². The van der Waals surface area contributed by atoms with Crippen molar-refractivity contribution in [3.05, 3.63) is 83.8 Å². The first-order chi connectivity index (χ1) is 12.7. The van der Waals surface area contributed by atoms with Gasteiger partial charge in [0, 0.05) is 0 Å². The summed E-state index contributed by atoms with van der Waals surface area (Å²) in [4.78, 5) is 13.9. The summed E-state index contributed by atoms with van der Waals surface area (Å²) < 4.78 is 7.06. The Balaban J connectivity index is 1.70. The lowest BCUT2D eigenvalue weighted by Gasteiger charge is -2.12. The summed E-state index contributed by atoms with van der Waals surface area (Å²) in [7, 11) is 0. The number of carbonyl (C=O) groups excluding carboxylic acids is 1. The summed E-state index contributed by atoms with van der Waals surface area (Å²) in [5, 5.41) is 9.63. The Kier molecular flexibility index (Phi) is 4.41. The fraction of sp³-hybridized carbons (Fsp3) is 0.100. The van der Waals surface area contributed by atoms with E-state index >= 15 is 0 Å². The zero-order chi connectivity index (χ0) is 17.9. The highest BCUT2D eigenvalue weighted by Crippen LogP contribution is 2.26. The van der Waals surface area contributed by atoms with Gasteiger partial charge in [-0.05, 0) is 48.7 Å². The molecule has 0 radical (unpaired) electrons. The number of benzene rings is 1. The monoisotopic (exact) mass is 363 g/mol. The smallest absolute Gasteiger partial charge is 0.270 e. The zero-order valence-electron chi connectivity index (χ0n) is 14.1. The molecule has 0 bridgehead atoms. The second-order valence-electron chi connectivity index (χ2n) is 5.85. The fourth-order valence-corrected chi connectivity index (χ4v) is 3.41. The molecule has 0 fully saturated rings. The first-order valence-corrected chi connectivity index (χ1v) is 9.14. The molecule has 0 aliphatic carbocycles. The van der Waals surface area contributed by atoms with Crippen LogP contribution in [0.5, 0.6) is 0 Å². The number of hydrogen-bond donors (Lipinski definition) is 1. The van der Waals surface area contributed by atoms with Crippen molar-refractivity contribution in [2.45, 2.75) is 13.0 Å². The molecule has 0 spiro atoms. The molecule has 26 heavy (non-hydrogen) atoms. The van der Waals surface area contributed by atoms with E-state index in [-0.39, 0.29) is 11.9 Å². The Labute approximate surface area is 154 Å². The highest BCUT2D eigenvalue weighted by molar-refractivity contribution is 7.13. The van der Waals surface area contributed by atoms with Crippen molar-refractivity contribution in [3.8, 4) is 16.3 Å². The van der Waals surface area contributed by atoms with Gasteiger partial charge in [0.05, 0.1) is 22.9 Å². The largest absolute Gasteiger partial charge is 0.467 e. The van der Waals surface area contributed by atoms with Gasteiger partial charge in [-0.1, -0.05) is 24.3 Å². The molecule has 1 atom stereocenters. The van der Waals surface area contributed by atoms with Gasteiger partial charge in [0.15, 0.2) is 0 Å². The fourth-order valence-electron chi connectivity index (χ4n) is 2.73. The van der Waals surface area contributed by atoms with Crippen LogP contribution in [0.2, 0.25) is 0 Å². The van der Waals surface area contributed by atoms with Gasteiger partial charge in [-0.2, -0.15) is 5.10 Å². The van der Waals surface area contributed by atoms with E-state index in [0.29, 0.717) is 11.5 Å². The summed E-state index contributed by atoms with van der Waals surface area (Å²) in [6.45, 7) is 1.89. The van der Waals surface area contributed by atoms with Gasteiger partial charge < -0.3 is 9.73 Å². The number of furan rings is 1. The summed E-state index contributed by atoms with van der Waals surface area (Å²) in [6, 6.07) is 18.9. The quantitative estimate of drug-likeness (QED) is 0.560. The third kappa shape index (κ3) is 3.19. The van der Waals surface area contributed by atoms with Crippen LogP contribution in [0.15, 0.2) is 76.7 Å². The Morgan fingerprint density at radius 1 is 1.15 bits per heavy atom. The van der Waals surface area contributed by atoms with Gasteiger partial charge in [0.1, 0.15) is 17.1 Å². The zero-order valence-corrected chi connectivity index (χ0v) is 14.9. The van der Waals surface area contributed by atoms with E-state index in [9.17, 15) is 4.79 Å². The van der Waals surface area contributed by atoms with E-state index in [1.807, 2.05) is 66.9 Å². The minimum atomic E-state index is -0.234. The van der Waals surface area contributed by atoms with Crippen LogP contribution in [0.1, 0.15) is 29.2 Å². The number of nitrogens with one attached hydrogen (secondary N) is 1. The Morgan fingerprint density at radius 3 is 2.69 bits per heavy atom. The summed E-state index contributed by atoms with van der Waals surface area (Å²) >= 11 is 1.59. The van der Waals surface area contributed by atoms with E-state index in [0.717, 1.165) is 16.3 Å². The number of amides is 1. The van der Waals surface area contributed by atoms with E-state index in [1.54, 1.807) is 28.3 Å². The Hall–Kier alpha value is -3.12. The summed E-state index contributed by atoms with van der Waals surface area (Å²) in [5.41, 5.74) is 2.10.